The number of Topliss-reactive ketones (excluding diaryl/α,β-unsaturated/α-hetero) is 1. The van der Waals surface area contributed by atoms with E-state index in [1.54, 1.807) is 0 Å². The van der Waals surface area contributed by atoms with E-state index >= 15 is 0 Å². The summed E-state index contributed by atoms with van der Waals surface area (Å²) in [5.41, 5.74) is -0.402. The molecule has 0 aromatic heterocycles. The molecule has 0 saturated carbocycles. The van der Waals surface area contributed by atoms with Gasteiger partial charge in [0.15, 0.2) is 0 Å². The number of carbonyl (C=O) groups is 2. The van der Waals surface area contributed by atoms with Crippen LogP contribution in [0.2, 0.25) is 0 Å². The Kier molecular flexibility index (Phi) is 5.38. The molecule has 1 amide bonds. The minimum Gasteiger partial charge on any atom is -0.396 e. The Labute approximate surface area is 84.7 Å². The van der Waals surface area contributed by atoms with E-state index in [-0.39, 0.29) is 24.7 Å². The maximum atomic E-state index is 11.3. The van der Waals surface area contributed by atoms with Gasteiger partial charge in [-0.25, -0.2) is 0 Å². The van der Waals surface area contributed by atoms with E-state index in [9.17, 15) is 9.59 Å². The van der Waals surface area contributed by atoms with E-state index in [1.807, 2.05) is 13.8 Å². The standard InChI is InChI=1S/C10H19NO3/c1-4-10(3,5-6-12)11-9(14)7-8(2)13/h12H,4-7H2,1-3H3,(H,11,14). The van der Waals surface area contributed by atoms with Crippen molar-refractivity contribution in [2.45, 2.75) is 45.6 Å². The van der Waals surface area contributed by atoms with Gasteiger partial charge in [-0.3, -0.25) is 9.59 Å². The molecule has 0 aromatic carbocycles. The monoisotopic (exact) mass is 201 g/mol. The van der Waals surface area contributed by atoms with Crippen LogP contribution in [0.1, 0.15) is 40.0 Å². The van der Waals surface area contributed by atoms with Gasteiger partial charge >= 0.3 is 0 Å². The van der Waals surface area contributed by atoms with Crippen molar-refractivity contribution < 1.29 is 14.7 Å². The molecule has 0 aromatic rings. The van der Waals surface area contributed by atoms with Crippen molar-refractivity contribution in [2.24, 2.45) is 0 Å². The van der Waals surface area contributed by atoms with Gasteiger partial charge in [-0.2, -0.15) is 0 Å². The van der Waals surface area contributed by atoms with Crippen LogP contribution in [0.5, 0.6) is 0 Å². The lowest BCUT2D eigenvalue weighted by molar-refractivity contribution is -0.128. The second-order valence-electron chi connectivity index (χ2n) is 3.81. The quantitative estimate of drug-likeness (QED) is 0.619. The van der Waals surface area contributed by atoms with E-state index in [0.717, 1.165) is 6.42 Å². The Bertz CT molecular complexity index is 215. The number of hydrogen-bond donors (Lipinski definition) is 2. The fourth-order valence-electron chi connectivity index (χ4n) is 1.18. The van der Waals surface area contributed by atoms with E-state index in [1.165, 1.54) is 6.92 Å². The summed E-state index contributed by atoms with van der Waals surface area (Å²) in [6.45, 7) is 5.21. The van der Waals surface area contributed by atoms with Crippen molar-refractivity contribution in [2.75, 3.05) is 6.61 Å². The van der Waals surface area contributed by atoms with Gasteiger partial charge in [0.05, 0.1) is 6.42 Å². The first-order valence-corrected chi connectivity index (χ1v) is 4.85. The number of nitrogens with one attached hydrogen (secondary N) is 1. The smallest absolute Gasteiger partial charge is 0.227 e. The molecule has 4 heteroatoms. The first kappa shape index (κ1) is 13.1. The van der Waals surface area contributed by atoms with Gasteiger partial charge < -0.3 is 10.4 Å². The number of ketones is 1. The highest BCUT2D eigenvalue weighted by Crippen LogP contribution is 2.13. The van der Waals surface area contributed by atoms with Crippen molar-refractivity contribution >= 4 is 11.7 Å². The molecule has 0 saturated heterocycles. The van der Waals surface area contributed by atoms with Crippen LogP contribution in [0, 0.1) is 0 Å². The number of carbonyl (C=O) groups excluding carboxylic acids is 2. The molecule has 0 aliphatic rings. The number of hydrogen-bond acceptors (Lipinski definition) is 3. The highest BCUT2D eigenvalue weighted by molar-refractivity contribution is 5.97. The fraction of sp³-hybridized carbons (Fsp3) is 0.800. The molecule has 1 unspecified atom stereocenters. The van der Waals surface area contributed by atoms with Gasteiger partial charge in [-0.15, -0.1) is 0 Å². The minimum atomic E-state index is -0.402. The average Bonchev–Trinajstić information content (AvgIpc) is 2.02. The normalized spacial score (nSPS) is 14.6. The summed E-state index contributed by atoms with van der Waals surface area (Å²) in [7, 11) is 0. The lowest BCUT2D eigenvalue weighted by Gasteiger charge is -2.28. The predicted octanol–water partition coefficient (Wildman–Crippen LogP) is 0.633. The van der Waals surface area contributed by atoms with Crippen LogP contribution in [0.4, 0.5) is 0 Å². The van der Waals surface area contributed by atoms with Crippen LogP contribution < -0.4 is 5.32 Å². The summed E-state index contributed by atoms with van der Waals surface area (Å²) in [5.74, 6) is -0.416. The van der Waals surface area contributed by atoms with E-state index in [0.29, 0.717) is 6.42 Å². The maximum Gasteiger partial charge on any atom is 0.227 e. The van der Waals surface area contributed by atoms with Gasteiger partial charge in [0.2, 0.25) is 5.91 Å². The Balaban J connectivity index is 4.16. The van der Waals surface area contributed by atoms with Gasteiger partial charge in [0.1, 0.15) is 5.78 Å². The van der Waals surface area contributed by atoms with Gasteiger partial charge in [-0.1, -0.05) is 6.92 Å². The molecule has 0 bridgehead atoms. The number of amides is 1. The summed E-state index contributed by atoms with van der Waals surface area (Å²) in [5, 5.41) is 11.6. The molecule has 1 atom stereocenters. The van der Waals surface area contributed by atoms with Crippen molar-refractivity contribution in [1.29, 1.82) is 0 Å². The van der Waals surface area contributed by atoms with Crippen LogP contribution in [-0.2, 0) is 9.59 Å². The highest BCUT2D eigenvalue weighted by atomic mass is 16.3. The SMILES string of the molecule is CCC(C)(CCO)NC(=O)CC(C)=O. The zero-order valence-electron chi connectivity index (χ0n) is 9.09. The molecule has 0 aliphatic heterocycles. The van der Waals surface area contributed by atoms with Gasteiger partial charge in [0.25, 0.3) is 0 Å². The Morgan fingerprint density at radius 2 is 2.00 bits per heavy atom. The maximum absolute atomic E-state index is 11.3. The summed E-state index contributed by atoms with van der Waals surface area (Å²) in [6, 6.07) is 0. The van der Waals surface area contributed by atoms with Crippen LogP contribution in [0.25, 0.3) is 0 Å². The lowest BCUT2D eigenvalue weighted by Crippen LogP contribution is -2.46. The zero-order valence-corrected chi connectivity index (χ0v) is 9.09. The highest BCUT2D eigenvalue weighted by Gasteiger charge is 2.23. The molecule has 0 heterocycles. The van der Waals surface area contributed by atoms with E-state index in [4.69, 9.17) is 5.11 Å². The Hall–Kier alpha value is -0.900. The van der Waals surface area contributed by atoms with Crippen molar-refractivity contribution in [1.82, 2.24) is 5.32 Å². The molecular weight excluding hydrogens is 182 g/mol. The average molecular weight is 201 g/mol. The van der Waals surface area contributed by atoms with Gasteiger partial charge in [0, 0.05) is 12.1 Å². The zero-order chi connectivity index (χ0) is 11.2. The molecule has 14 heavy (non-hydrogen) atoms. The first-order valence-electron chi connectivity index (χ1n) is 4.85. The molecule has 0 aliphatic carbocycles. The van der Waals surface area contributed by atoms with Crippen molar-refractivity contribution in [3.63, 3.8) is 0 Å². The Morgan fingerprint density at radius 3 is 2.36 bits per heavy atom. The van der Waals surface area contributed by atoms with E-state index < -0.39 is 5.54 Å². The molecule has 0 spiro atoms. The minimum absolute atomic E-state index is 0.0324. The Morgan fingerprint density at radius 1 is 1.43 bits per heavy atom. The predicted molar refractivity (Wildman–Crippen MR) is 53.8 cm³/mol. The van der Waals surface area contributed by atoms with Crippen molar-refractivity contribution in [3.05, 3.63) is 0 Å². The molecule has 0 fully saturated rings. The van der Waals surface area contributed by atoms with Crippen LogP contribution in [0.3, 0.4) is 0 Å². The second kappa shape index (κ2) is 5.75. The third-order valence-corrected chi connectivity index (χ3v) is 2.29. The third kappa shape index (κ3) is 4.97. The summed E-state index contributed by atoms with van der Waals surface area (Å²) < 4.78 is 0. The summed E-state index contributed by atoms with van der Waals surface area (Å²) >= 11 is 0. The molecule has 82 valence electrons. The molecular formula is C10H19NO3. The lowest BCUT2D eigenvalue weighted by atomic mass is 9.94. The topological polar surface area (TPSA) is 66.4 Å². The summed E-state index contributed by atoms with van der Waals surface area (Å²) in [4.78, 5) is 22.0. The van der Waals surface area contributed by atoms with Crippen LogP contribution in [-0.4, -0.2) is 28.9 Å². The summed E-state index contributed by atoms with van der Waals surface area (Å²) in [6.07, 6.45) is 1.16. The first-order chi connectivity index (χ1) is 6.43. The number of aliphatic hydroxyl groups is 1. The molecule has 0 radical (unpaired) electrons. The van der Waals surface area contributed by atoms with E-state index in [2.05, 4.69) is 5.32 Å². The second-order valence-corrected chi connectivity index (χ2v) is 3.81. The van der Waals surface area contributed by atoms with Gasteiger partial charge in [-0.05, 0) is 26.7 Å². The molecule has 0 rings (SSSR count). The molecule has 2 N–H and O–H groups in total. The van der Waals surface area contributed by atoms with Crippen LogP contribution >= 0.6 is 0 Å². The molecule has 4 nitrogen and oxygen atoms in total. The van der Waals surface area contributed by atoms with Crippen molar-refractivity contribution in [3.8, 4) is 0 Å². The third-order valence-electron chi connectivity index (χ3n) is 2.29. The number of aliphatic hydroxyl groups excluding tert-OH is 1. The number of rotatable bonds is 6. The van der Waals surface area contributed by atoms with Crippen LogP contribution in [0.15, 0.2) is 0 Å². The fourth-order valence-corrected chi connectivity index (χ4v) is 1.18. The largest absolute Gasteiger partial charge is 0.396 e.